The third kappa shape index (κ3) is 17.5. The monoisotopic (exact) mass is 656 g/mol. The zero-order chi connectivity index (χ0) is 34.5. The van der Waals surface area contributed by atoms with Crippen LogP contribution >= 0.6 is 0 Å². The van der Waals surface area contributed by atoms with Crippen LogP contribution in [0.1, 0.15) is 64.0 Å². The van der Waals surface area contributed by atoms with E-state index >= 15 is 0 Å². The van der Waals surface area contributed by atoms with Gasteiger partial charge in [-0.15, -0.1) is 0 Å². The number of amides is 4. The van der Waals surface area contributed by atoms with Gasteiger partial charge in [0.15, 0.2) is 0 Å². The minimum Gasteiger partial charge on any atom is -0.469 e. The SMILES string of the molecule is COC(=O)CCCNC(=O)C(CCCN(CCCNC(=O)OCc1ccccc1)C(=O)OCc1ccccc1)NC(=O)OC(C)(C)C. The third-order valence-corrected chi connectivity index (χ3v) is 6.56. The van der Waals surface area contributed by atoms with Gasteiger partial charge in [0.25, 0.3) is 0 Å². The van der Waals surface area contributed by atoms with Crippen LogP contribution in [0.4, 0.5) is 14.4 Å². The predicted molar refractivity (Wildman–Crippen MR) is 174 cm³/mol. The van der Waals surface area contributed by atoms with Gasteiger partial charge < -0.3 is 39.8 Å². The fraction of sp³-hybridized carbons (Fsp3) is 0.500. The molecular formula is C34H48N4O9. The van der Waals surface area contributed by atoms with E-state index in [2.05, 4.69) is 20.7 Å². The molecule has 2 aromatic carbocycles. The zero-order valence-corrected chi connectivity index (χ0v) is 27.8. The maximum absolute atomic E-state index is 13.1. The summed E-state index contributed by atoms with van der Waals surface area (Å²) in [6.07, 6.45) is -0.423. The summed E-state index contributed by atoms with van der Waals surface area (Å²) < 4.78 is 20.7. The Balaban J connectivity index is 1.96. The Morgan fingerprint density at radius 1 is 0.745 bits per heavy atom. The Hall–Kier alpha value is -4.81. The van der Waals surface area contributed by atoms with Crippen LogP contribution in [0.5, 0.6) is 0 Å². The number of rotatable bonds is 18. The Morgan fingerprint density at radius 3 is 1.91 bits per heavy atom. The fourth-order valence-electron chi connectivity index (χ4n) is 4.21. The molecule has 0 radical (unpaired) electrons. The van der Waals surface area contributed by atoms with E-state index in [4.69, 9.17) is 14.2 Å². The Bertz CT molecular complexity index is 1250. The van der Waals surface area contributed by atoms with Crippen molar-refractivity contribution in [3.05, 3.63) is 71.8 Å². The standard InChI is InChI=1S/C34H48N4O9/c1-34(2,3)47-32(42)37-28(30(40)35-20-11-19-29(39)44-4)18-12-22-38(33(43)46-25-27-16-9-6-10-17-27)23-13-21-36-31(41)45-24-26-14-7-5-8-15-26/h5-10,14-17,28H,11-13,18-25H2,1-4H3,(H,35,40)(H,36,41)(H,37,42). The van der Waals surface area contributed by atoms with E-state index in [0.29, 0.717) is 19.3 Å². The molecule has 2 aromatic rings. The lowest BCUT2D eigenvalue weighted by molar-refractivity contribution is -0.140. The van der Waals surface area contributed by atoms with Crippen molar-refractivity contribution >= 4 is 30.2 Å². The van der Waals surface area contributed by atoms with Crippen molar-refractivity contribution in [1.29, 1.82) is 0 Å². The molecule has 258 valence electrons. The second kappa shape index (κ2) is 21.1. The first-order chi connectivity index (χ1) is 22.5. The molecule has 0 heterocycles. The molecule has 1 unspecified atom stereocenters. The lowest BCUT2D eigenvalue weighted by Crippen LogP contribution is -2.48. The van der Waals surface area contributed by atoms with Crippen molar-refractivity contribution < 1.29 is 42.9 Å². The first-order valence-corrected chi connectivity index (χ1v) is 15.7. The predicted octanol–water partition coefficient (Wildman–Crippen LogP) is 4.68. The average molecular weight is 657 g/mol. The Kier molecular flexibility index (Phi) is 17.2. The summed E-state index contributed by atoms with van der Waals surface area (Å²) in [6, 6.07) is 17.6. The first-order valence-electron chi connectivity index (χ1n) is 15.7. The quantitative estimate of drug-likeness (QED) is 0.117. The molecule has 3 N–H and O–H groups in total. The first kappa shape index (κ1) is 38.4. The minimum absolute atomic E-state index is 0.0804. The summed E-state index contributed by atoms with van der Waals surface area (Å²) in [4.78, 5) is 63.6. The van der Waals surface area contributed by atoms with Crippen molar-refractivity contribution in [2.24, 2.45) is 0 Å². The molecule has 0 aliphatic rings. The summed E-state index contributed by atoms with van der Waals surface area (Å²) >= 11 is 0. The van der Waals surface area contributed by atoms with Crippen LogP contribution in [0.3, 0.4) is 0 Å². The summed E-state index contributed by atoms with van der Waals surface area (Å²) in [5, 5.41) is 8.03. The molecule has 13 heteroatoms. The molecule has 0 aliphatic carbocycles. The van der Waals surface area contributed by atoms with Crippen LogP contribution in [0.25, 0.3) is 0 Å². The second-order valence-electron chi connectivity index (χ2n) is 11.7. The number of carbonyl (C=O) groups excluding carboxylic acids is 5. The van der Waals surface area contributed by atoms with Gasteiger partial charge in [-0.3, -0.25) is 9.59 Å². The number of nitrogens with one attached hydrogen (secondary N) is 3. The van der Waals surface area contributed by atoms with Crippen LogP contribution in [0, 0.1) is 0 Å². The Morgan fingerprint density at radius 2 is 1.32 bits per heavy atom. The zero-order valence-electron chi connectivity index (χ0n) is 27.8. The maximum atomic E-state index is 13.1. The summed E-state index contributed by atoms with van der Waals surface area (Å²) in [6.45, 7) is 6.30. The topological polar surface area (TPSA) is 162 Å². The van der Waals surface area contributed by atoms with E-state index < -0.39 is 35.8 Å². The number of carbonyl (C=O) groups is 5. The van der Waals surface area contributed by atoms with Gasteiger partial charge in [-0.05, 0) is 57.6 Å². The van der Waals surface area contributed by atoms with Crippen LogP contribution < -0.4 is 16.0 Å². The normalized spacial score (nSPS) is 11.4. The van der Waals surface area contributed by atoms with Gasteiger partial charge in [0.05, 0.1) is 7.11 Å². The maximum Gasteiger partial charge on any atom is 0.410 e. The smallest absolute Gasteiger partial charge is 0.410 e. The van der Waals surface area contributed by atoms with Crippen molar-refractivity contribution in [2.45, 2.75) is 77.7 Å². The van der Waals surface area contributed by atoms with Gasteiger partial charge in [-0.1, -0.05) is 60.7 Å². The largest absolute Gasteiger partial charge is 0.469 e. The van der Waals surface area contributed by atoms with E-state index in [1.54, 1.807) is 20.8 Å². The summed E-state index contributed by atoms with van der Waals surface area (Å²) in [5.41, 5.74) is 0.922. The molecule has 13 nitrogen and oxygen atoms in total. The minimum atomic E-state index is -0.953. The van der Waals surface area contributed by atoms with Crippen LogP contribution in [0.2, 0.25) is 0 Å². The van der Waals surface area contributed by atoms with E-state index in [9.17, 15) is 24.0 Å². The average Bonchev–Trinajstić information content (AvgIpc) is 3.05. The Labute approximate surface area is 276 Å². The molecule has 0 aliphatic heterocycles. The molecule has 4 amide bonds. The van der Waals surface area contributed by atoms with Gasteiger partial charge in [0, 0.05) is 32.6 Å². The van der Waals surface area contributed by atoms with Crippen LogP contribution in [0.15, 0.2) is 60.7 Å². The third-order valence-electron chi connectivity index (χ3n) is 6.56. The lowest BCUT2D eigenvalue weighted by Gasteiger charge is -2.25. The van der Waals surface area contributed by atoms with Gasteiger partial charge in [0.1, 0.15) is 24.9 Å². The molecule has 0 aromatic heterocycles. The molecule has 0 bridgehead atoms. The molecule has 0 fully saturated rings. The number of alkyl carbamates (subject to hydrolysis) is 2. The number of methoxy groups -OCH3 is 1. The number of nitrogens with zero attached hydrogens (tertiary/aromatic N) is 1. The fourth-order valence-corrected chi connectivity index (χ4v) is 4.21. The molecule has 0 saturated heterocycles. The van der Waals surface area contributed by atoms with Gasteiger partial charge in [-0.25, -0.2) is 14.4 Å². The number of esters is 1. The highest BCUT2D eigenvalue weighted by molar-refractivity contribution is 5.85. The van der Waals surface area contributed by atoms with Crippen molar-refractivity contribution in [2.75, 3.05) is 33.3 Å². The highest BCUT2D eigenvalue weighted by atomic mass is 16.6. The van der Waals surface area contributed by atoms with Crippen LogP contribution in [-0.2, 0) is 41.8 Å². The van der Waals surface area contributed by atoms with Crippen molar-refractivity contribution in [1.82, 2.24) is 20.9 Å². The number of ether oxygens (including phenoxy) is 4. The van der Waals surface area contributed by atoms with Crippen molar-refractivity contribution in [3.8, 4) is 0 Å². The number of benzene rings is 2. The van der Waals surface area contributed by atoms with E-state index in [-0.39, 0.29) is 58.2 Å². The van der Waals surface area contributed by atoms with Gasteiger partial charge in [0.2, 0.25) is 5.91 Å². The molecule has 0 spiro atoms. The number of hydrogen-bond acceptors (Lipinski definition) is 9. The summed E-state index contributed by atoms with van der Waals surface area (Å²) in [5.74, 6) is -0.835. The summed E-state index contributed by atoms with van der Waals surface area (Å²) in [7, 11) is 1.29. The molecule has 47 heavy (non-hydrogen) atoms. The molecule has 0 saturated carbocycles. The van der Waals surface area contributed by atoms with E-state index in [0.717, 1.165) is 11.1 Å². The van der Waals surface area contributed by atoms with Crippen LogP contribution in [-0.4, -0.2) is 80.0 Å². The highest BCUT2D eigenvalue weighted by Crippen LogP contribution is 2.10. The molecular weight excluding hydrogens is 608 g/mol. The van der Waals surface area contributed by atoms with Gasteiger partial charge >= 0.3 is 24.2 Å². The molecule has 1 atom stereocenters. The van der Waals surface area contributed by atoms with E-state index in [1.165, 1.54) is 12.0 Å². The lowest BCUT2D eigenvalue weighted by atomic mass is 10.1. The van der Waals surface area contributed by atoms with E-state index in [1.807, 2.05) is 60.7 Å². The molecule has 2 rings (SSSR count). The second-order valence-corrected chi connectivity index (χ2v) is 11.7. The van der Waals surface area contributed by atoms with Gasteiger partial charge in [-0.2, -0.15) is 0 Å². The highest BCUT2D eigenvalue weighted by Gasteiger charge is 2.25. The van der Waals surface area contributed by atoms with Crippen molar-refractivity contribution in [3.63, 3.8) is 0 Å². The number of hydrogen-bond donors (Lipinski definition) is 3.